The van der Waals surface area contributed by atoms with E-state index in [1.807, 2.05) is 18.2 Å². The average molecular weight is 175 g/mol. The zero-order chi connectivity index (χ0) is 9.52. The smallest absolute Gasteiger partial charge is 0.00772 e. The molecule has 0 saturated carbocycles. The van der Waals surface area contributed by atoms with Gasteiger partial charge in [-0.05, 0) is 36.9 Å². The summed E-state index contributed by atoms with van der Waals surface area (Å²) in [7, 11) is 0. The predicted molar refractivity (Wildman–Crippen MR) is 58.4 cm³/mol. The Morgan fingerprint density at radius 2 is 1.85 bits per heavy atom. The SMILES string of the molecule is C=C(CCCCN)c1ccccc1. The van der Waals surface area contributed by atoms with Crippen LogP contribution >= 0.6 is 0 Å². The maximum atomic E-state index is 5.42. The third-order valence-electron chi connectivity index (χ3n) is 2.11. The fourth-order valence-corrected chi connectivity index (χ4v) is 1.30. The number of allylic oxidation sites excluding steroid dienone is 1. The Hall–Kier alpha value is -1.08. The molecule has 1 aromatic carbocycles. The number of hydrogen-bond donors (Lipinski definition) is 1. The Bertz CT molecular complexity index is 251. The molecular formula is C12H17N. The van der Waals surface area contributed by atoms with E-state index < -0.39 is 0 Å². The number of benzene rings is 1. The molecule has 70 valence electrons. The van der Waals surface area contributed by atoms with Gasteiger partial charge in [0.25, 0.3) is 0 Å². The third kappa shape index (κ3) is 3.43. The zero-order valence-corrected chi connectivity index (χ0v) is 8.00. The monoisotopic (exact) mass is 175 g/mol. The van der Waals surface area contributed by atoms with Crippen molar-refractivity contribution < 1.29 is 0 Å². The molecule has 0 heterocycles. The summed E-state index contributed by atoms with van der Waals surface area (Å²) in [4.78, 5) is 0. The fraction of sp³-hybridized carbons (Fsp3) is 0.333. The van der Waals surface area contributed by atoms with E-state index in [0.29, 0.717) is 0 Å². The van der Waals surface area contributed by atoms with Crippen molar-refractivity contribution in [2.45, 2.75) is 19.3 Å². The van der Waals surface area contributed by atoms with Gasteiger partial charge < -0.3 is 5.73 Å². The molecule has 0 radical (unpaired) electrons. The summed E-state index contributed by atoms with van der Waals surface area (Å²) in [5.41, 5.74) is 7.89. The summed E-state index contributed by atoms with van der Waals surface area (Å²) in [6, 6.07) is 10.3. The van der Waals surface area contributed by atoms with Gasteiger partial charge in [0.2, 0.25) is 0 Å². The number of hydrogen-bond acceptors (Lipinski definition) is 1. The first kappa shape index (κ1) is 10.0. The molecule has 0 bridgehead atoms. The van der Waals surface area contributed by atoms with Crippen molar-refractivity contribution >= 4 is 5.57 Å². The van der Waals surface area contributed by atoms with Crippen molar-refractivity contribution in [3.05, 3.63) is 42.5 Å². The van der Waals surface area contributed by atoms with E-state index in [0.717, 1.165) is 25.8 Å². The van der Waals surface area contributed by atoms with Crippen LogP contribution in [-0.2, 0) is 0 Å². The van der Waals surface area contributed by atoms with Crippen molar-refractivity contribution in [1.82, 2.24) is 0 Å². The van der Waals surface area contributed by atoms with Gasteiger partial charge >= 0.3 is 0 Å². The molecule has 0 amide bonds. The highest BCUT2D eigenvalue weighted by Crippen LogP contribution is 2.17. The van der Waals surface area contributed by atoms with Gasteiger partial charge in [0.1, 0.15) is 0 Å². The van der Waals surface area contributed by atoms with Gasteiger partial charge in [-0.1, -0.05) is 36.9 Å². The molecular weight excluding hydrogens is 158 g/mol. The van der Waals surface area contributed by atoms with Gasteiger partial charge in [0.15, 0.2) is 0 Å². The Morgan fingerprint density at radius 1 is 1.15 bits per heavy atom. The van der Waals surface area contributed by atoms with E-state index in [1.54, 1.807) is 0 Å². The van der Waals surface area contributed by atoms with Crippen LogP contribution in [0.15, 0.2) is 36.9 Å². The molecule has 0 fully saturated rings. The lowest BCUT2D eigenvalue weighted by atomic mass is 10.0. The molecule has 2 N–H and O–H groups in total. The van der Waals surface area contributed by atoms with Crippen LogP contribution in [-0.4, -0.2) is 6.54 Å². The Morgan fingerprint density at radius 3 is 2.46 bits per heavy atom. The summed E-state index contributed by atoms with van der Waals surface area (Å²) < 4.78 is 0. The number of unbranched alkanes of at least 4 members (excludes halogenated alkanes) is 1. The van der Waals surface area contributed by atoms with Crippen molar-refractivity contribution in [2.75, 3.05) is 6.54 Å². The Kier molecular flexibility index (Phi) is 4.27. The lowest BCUT2D eigenvalue weighted by molar-refractivity contribution is 0.766. The largest absolute Gasteiger partial charge is 0.330 e. The predicted octanol–water partition coefficient (Wildman–Crippen LogP) is 2.83. The maximum absolute atomic E-state index is 5.42. The van der Waals surface area contributed by atoms with Crippen LogP contribution in [0.2, 0.25) is 0 Å². The van der Waals surface area contributed by atoms with E-state index in [9.17, 15) is 0 Å². The number of nitrogens with two attached hydrogens (primary N) is 1. The molecule has 1 nitrogen and oxygen atoms in total. The van der Waals surface area contributed by atoms with Crippen LogP contribution in [0.5, 0.6) is 0 Å². The Balaban J connectivity index is 2.40. The van der Waals surface area contributed by atoms with Gasteiger partial charge in [-0.25, -0.2) is 0 Å². The normalized spacial score (nSPS) is 9.92. The zero-order valence-electron chi connectivity index (χ0n) is 8.00. The van der Waals surface area contributed by atoms with Crippen LogP contribution < -0.4 is 5.73 Å². The Labute approximate surface area is 80.3 Å². The van der Waals surface area contributed by atoms with Crippen LogP contribution in [0.4, 0.5) is 0 Å². The van der Waals surface area contributed by atoms with Crippen LogP contribution in [0, 0.1) is 0 Å². The molecule has 1 heteroatoms. The summed E-state index contributed by atoms with van der Waals surface area (Å²) >= 11 is 0. The van der Waals surface area contributed by atoms with Gasteiger partial charge in [-0.3, -0.25) is 0 Å². The second kappa shape index (κ2) is 5.55. The van der Waals surface area contributed by atoms with E-state index in [4.69, 9.17) is 5.73 Å². The molecule has 0 aliphatic carbocycles. The number of rotatable bonds is 5. The molecule has 13 heavy (non-hydrogen) atoms. The summed E-state index contributed by atoms with van der Waals surface area (Å²) in [6.07, 6.45) is 3.29. The standard InChI is InChI=1S/C12H17N/c1-11(7-5-6-10-13)12-8-3-2-4-9-12/h2-4,8-9H,1,5-7,10,13H2. The van der Waals surface area contributed by atoms with E-state index in [2.05, 4.69) is 18.7 Å². The molecule has 0 saturated heterocycles. The van der Waals surface area contributed by atoms with Crippen LogP contribution in [0.25, 0.3) is 5.57 Å². The highest BCUT2D eigenvalue weighted by molar-refractivity contribution is 5.62. The first-order chi connectivity index (χ1) is 6.34. The van der Waals surface area contributed by atoms with E-state index >= 15 is 0 Å². The third-order valence-corrected chi connectivity index (χ3v) is 2.11. The second-order valence-corrected chi connectivity index (χ2v) is 3.22. The van der Waals surface area contributed by atoms with Crippen molar-refractivity contribution in [2.24, 2.45) is 5.73 Å². The minimum atomic E-state index is 0.780. The first-order valence-electron chi connectivity index (χ1n) is 4.78. The second-order valence-electron chi connectivity index (χ2n) is 3.22. The molecule has 0 atom stereocenters. The molecule has 0 unspecified atom stereocenters. The summed E-state index contributed by atoms with van der Waals surface area (Å²) in [5.74, 6) is 0. The van der Waals surface area contributed by atoms with E-state index in [-0.39, 0.29) is 0 Å². The molecule has 0 aliphatic rings. The molecule has 0 aromatic heterocycles. The summed E-state index contributed by atoms with van der Waals surface area (Å²) in [5, 5.41) is 0. The first-order valence-corrected chi connectivity index (χ1v) is 4.78. The molecule has 1 rings (SSSR count). The van der Waals surface area contributed by atoms with Gasteiger partial charge in [0.05, 0.1) is 0 Å². The van der Waals surface area contributed by atoms with Crippen molar-refractivity contribution in [3.8, 4) is 0 Å². The van der Waals surface area contributed by atoms with Crippen molar-refractivity contribution in [1.29, 1.82) is 0 Å². The van der Waals surface area contributed by atoms with Gasteiger partial charge in [-0.15, -0.1) is 0 Å². The van der Waals surface area contributed by atoms with Gasteiger partial charge in [-0.2, -0.15) is 0 Å². The van der Waals surface area contributed by atoms with E-state index in [1.165, 1.54) is 11.1 Å². The fourth-order valence-electron chi connectivity index (χ4n) is 1.30. The lowest BCUT2D eigenvalue weighted by Gasteiger charge is -2.04. The topological polar surface area (TPSA) is 26.0 Å². The highest BCUT2D eigenvalue weighted by atomic mass is 14.5. The maximum Gasteiger partial charge on any atom is -0.00772 e. The molecule has 1 aromatic rings. The highest BCUT2D eigenvalue weighted by Gasteiger charge is 1.96. The molecule has 0 aliphatic heterocycles. The van der Waals surface area contributed by atoms with Crippen molar-refractivity contribution in [3.63, 3.8) is 0 Å². The van der Waals surface area contributed by atoms with Gasteiger partial charge in [0, 0.05) is 0 Å². The van der Waals surface area contributed by atoms with Crippen LogP contribution in [0.1, 0.15) is 24.8 Å². The minimum absolute atomic E-state index is 0.780. The van der Waals surface area contributed by atoms with Crippen LogP contribution in [0.3, 0.4) is 0 Å². The average Bonchev–Trinajstić information content (AvgIpc) is 2.19. The quantitative estimate of drug-likeness (QED) is 0.684. The summed E-state index contributed by atoms with van der Waals surface area (Å²) in [6.45, 7) is 4.84. The lowest BCUT2D eigenvalue weighted by Crippen LogP contribution is -1.97. The minimum Gasteiger partial charge on any atom is -0.330 e. The molecule has 0 spiro atoms.